The number of thiazole rings is 1. The van der Waals surface area contributed by atoms with Crippen molar-refractivity contribution in [2.75, 3.05) is 13.6 Å². The maximum atomic E-state index is 13.0. The molecule has 1 saturated carbocycles. The zero-order chi connectivity index (χ0) is 16.4. The molecule has 2 atom stereocenters. The molecular weight excluding hydrogens is 315 g/mol. The molecule has 122 valence electrons. The summed E-state index contributed by atoms with van der Waals surface area (Å²) in [4.78, 5) is 18.5. The first-order valence-corrected chi connectivity index (χ1v) is 8.57. The Hall–Kier alpha value is -1.79. The average Bonchev–Trinajstić information content (AvgIpc) is 3.17. The number of carbonyl (C=O) groups is 1. The molecule has 4 nitrogen and oxygen atoms in total. The van der Waals surface area contributed by atoms with E-state index in [-0.39, 0.29) is 23.7 Å². The fourth-order valence-electron chi connectivity index (χ4n) is 2.96. The van der Waals surface area contributed by atoms with Crippen LogP contribution in [0.4, 0.5) is 4.39 Å². The first-order valence-electron chi connectivity index (χ1n) is 7.69. The van der Waals surface area contributed by atoms with Crippen LogP contribution in [-0.4, -0.2) is 40.6 Å². The number of amides is 1. The topological polar surface area (TPSA) is 53.4 Å². The van der Waals surface area contributed by atoms with E-state index in [0.717, 1.165) is 24.8 Å². The number of aromatic nitrogens is 1. The molecule has 1 aliphatic rings. The van der Waals surface area contributed by atoms with E-state index < -0.39 is 0 Å². The maximum Gasteiger partial charge on any atom is 0.273 e. The van der Waals surface area contributed by atoms with Crippen molar-refractivity contribution in [3.63, 3.8) is 0 Å². The van der Waals surface area contributed by atoms with Gasteiger partial charge in [0.05, 0.1) is 6.10 Å². The number of aliphatic hydroxyl groups is 1. The van der Waals surface area contributed by atoms with E-state index in [2.05, 4.69) is 4.98 Å². The molecule has 2 unspecified atom stereocenters. The van der Waals surface area contributed by atoms with Crippen LogP contribution in [0.1, 0.15) is 29.8 Å². The monoisotopic (exact) mass is 334 g/mol. The van der Waals surface area contributed by atoms with Gasteiger partial charge in [0.15, 0.2) is 0 Å². The number of halogens is 1. The van der Waals surface area contributed by atoms with E-state index in [9.17, 15) is 14.3 Å². The molecule has 1 fully saturated rings. The highest BCUT2D eigenvalue weighted by molar-refractivity contribution is 7.13. The lowest BCUT2D eigenvalue weighted by molar-refractivity contribution is 0.0689. The smallest absolute Gasteiger partial charge is 0.273 e. The van der Waals surface area contributed by atoms with Gasteiger partial charge < -0.3 is 10.0 Å². The minimum Gasteiger partial charge on any atom is -0.393 e. The molecule has 1 N–H and O–H groups in total. The standard InChI is InChI=1S/C17H19FN2O2S/c1-20(9-12-3-2-4-15(12)21)17(22)14-10-23-16(19-14)11-5-7-13(18)8-6-11/h5-8,10,12,15,21H,2-4,9H2,1H3. The summed E-state index contributed by atoms with van der Waals surface area (Å²) in [6, 6.07) is 6.07. The van der Waals surface area contributed by atoms with Crippen molar-refractivity contribution in [3.8, 4) is 10.6 Å². The zero-order valence-corrected chi connectivity index (χ0v) is 13.7. The molecule has 1 aromatic heterocycles. The summed E-state index contributed by atoms with van der Waals surface area (Å²) < 4.78 is 13.0. The molecular formula is C17H19FN2O2S. The van der Waals surface area contributed by atoms with Crippen LogP contribution in [0.25, 0.3) is 10.6 Å². The van der Waals surface area contributed by atoms with E-state index in [1.807, 2.05) is 0 Å². The van der Waals surface area contributed by atoms with Gasteiger partial charge in [-0.25, -0.2) is 9.37 Å². The number of hydrogen-bond donors (Lipinski definition) is 1. The van der Waals surface area contributed by atoms with Crippen molar-refractivity contribution in [1.29, 1.82) is 0 Å². The maximum absolute atomic E-state index is 13.0. The number of benzene rings is 1. The van der Waals surface area contributed by atoms with Gasteiger partial charge >= 0.3 is 0 Å². The van der Waals surface area contributed by atoms with E-state index in [0.29, 0.717) is 17.2 Å². The van der Waals surface area contributed by atoms with E-state index in [4.69, 9.17) is 0 Å². The van der Waals surface area contributed by atoms with Gasteiger partial charge in [0, 0.05) is 30.5 Å². The van der Waals surface area contributed by atoms with Crippen molar-refractivity contribution in [3.05, 3.63) is 41.2 Å². The summed E-state index contributed by atoms with van der Waals surface area (Å²) in [7, 11) is 1.74. The van der Waals surface area contributed by atoms with E-state index in [1.165, 1.54) is 23.5 Å². The van der Waals surface area contributed by atoms with Crippen molar-refractivity contribution in [2.45, 2.75) is 25.4 Å². The van der Waals surface area contributed by atoms with Gasteiger partial charge in [-0.15, -0.1) is 11.3 Å². The second-order valence-corrected chi connectivity index (χ2v) is 6.85. The van der Waals surface area contributed by atoms with Crippen molar-refractivity contribution < 1.29 is 14.3 Å². The summed E-state index contributed by atoms with van der Waals surface area (Å²) in [6.07, 6.45) is 2.48. The highest BCUT2D eigenvalue weighted by atomic mass is 32.1. The van der Waals surface area contributed by atoms with Crippen molar-refractivity contribution >= 4 is 17.2 Å². The predicted octanol–water partition coefficient (Wildman–Crippen LogP) is 3.18. The largest absolute Gasteiger partial charge is 0.393 e. The van der Waals surface area contributed by atoms with Gasteiger partial charge in [0.25, 0.3) is 5.91 Å². The highest BCUT2D eigenvalue weighted by Gasteiger charge is 2.28. The number of nitrogens with zero attached hydrogens (tertiary/aromatic N) is 2. The molecule has 2 aromatic rings. The molecule has 1 aliphatic carbocycles. The molecule has 1 aromatic carbocycles. The summed E-state index contributed by atoms with van der Waals surface area (Å²) in [5, 5.41) is 12.3. The highest BCUT2D eigenvalue weighted by Crippen LogP contribution is 2.27. The van der Waals surface area contributed by atoms with Gasteiger partial charge in [0.2, 0.25) is 0 Å². The van der Waals surface area contributed by atoms with Crippen LogP contribution < -0.4 is 0 Å². The Morgan fingerprint density at radius 1 is 1.39 bits per heavy atom. The van der Waals surface area contributed by atoms with Crippen LogP contribution in [0.3, 0.4) is 0 Å². The normalized spacial score (nSPS) is 20.7. The van der Waals surface area contributed by atoms with Gasteiger partial charge in [-0.1, -0.05) is 6.42 Å². The summed E-state index contributed by atoms with van der Waals surface area (Å²) in [5.74, 6) is -0.288. The third-order valence-corrected chi connectivity index (χ3v) is 5.18. The van der Waals surface area contributed by atoms with Crippen molar-refractivity contribution in [2.24, 2.45) is 5.92 Å². The summed E-state index contributed by atoms with van der Waals surface area (Å²) >= 11 is 1.37. The molecule has 1 heterocycles. The minimum absolute atomic E-state index is 0.145. The SMILES string of the molecule is CN(CC1CCCC1O)C(=O)c1csc(-c2ccc(F)cc2)n1. The third kappa shape index (κ3) is 3.59. The van der Waals surface area contributed by atoms with Crippen molar-refractivity contribution in [1.82, 2.24) is 9.88 Å². The second-order valence-electron chi connectivity index (χ2n) is 5.99. The molecule has 0 radical (unpaired) electrons. The Kier molecular flexibility index (Phi) is 4.73. The van der Waals surface area contributed by atoms with Gasteiger partial charge in [-0.3, -0.25) is 4.79 Å². The van der Waals surface area contributed by atoms with Crippen LogP contribution >= 0.6 is 11.3 Å². The van der Waals surface area contributed by atoms with Gasteiger partial charge in [-0.05, 0) is 37.1 Å². The van der Waals surface area contributed by atoms with E-state index >= 15 is 0 Å². The lowest BCUT2D eigenvalue weighted by Crippen LogP contribution is -2.34. The lowest BCUT2D eigenvalue weighted by atomic mass is 10.1. The molecule has 0 bridgehead atoms. The van der Waals surface area contributed by atoms with Crippen LogP contribution in [0.15, 0.2) is 29.6 Å². The Bertz CT molecular complexity index is 686. The Labute approximate surface area is 138 Å². The number of carbonyl (C=O) groups excluding carboxylic acids is 1. The zero-order valence-electron chi connectivity index (χ0n) is 12.9. The van der Waals surface area contributed by atoms with E-state index in [1.54, 1.807) is 29.5 Å². The average molecular weight is 334 g/mol. The van der Waals surface area contributed by atoms with Gasteiger partial charge in [-0.2, -0.15) is 0 Å². The number of hydrogen-bond acceptors (Lipinski definition) is 4. The third-order valence-electron chi connectivity index (χ3n) is 4.29. The molecule has 0 spiro atoms. The van der Waals surface area contributed by atoms with Gasteiger partial charge in [0.1, 0.15) is 16.5 Å². The first-order chi connectivity index (χ1) is 11.0. The Morgan fingerprint density at radius 3 is 2.78 bits per heavy atom. The molecule has 0 aliphatic heterocycles. The van der Waals surface area contributed by atoms with Crippen LogP contribution in [0, 0.1) is 11.7 Å². The summed E-state index contributed by atoms with van der Waals surface area (Å²) in [5.41, 5.74) is 1.19. The van der Waals surface area contributed by atoms with Crippen LogP contribution in [0.5, 0.6) is 0 Å². The van der Waals surface area contributed by atoms with Crippen LogP contribution in [0.2, 0.25) is 0 Å². The van der Waals surface area contributed by atoms with Crippen LogP contribution in [-0.2, 0) is 0 Å². The molecule has 0 saturated heterocycles. The molecule has 6 heteroatoms. The predicted molar refractivity (Wildman–Crippen MR) is 87.8 cm³/mol. The fourth-order valence-corrected chi connectivity index (χ4v) is 3.76. The molecule has 23 heavy (non-hydrogen) atoms. The summed E-state index contributed by atoms with van der Waals surface area (Å²) in [6.45, 7) is 0.545. The molecule has 3 rings (SSSR count). The number of aliphatic hydroxyl groups excluding tert-OH is 1. The first kappa shape index (κ1) is 16.1. The second kappa shape index (κ2) is 6.76. The quantitative estimate of drug-likeness (QED) is 0.934. The Morgan fingerprint density at radius 2 is 2.13 bits per heavy atom. The lowest BCUT2D eigenvalue weighted by Gasteiger charge is -2.22. The Balaban J connectivity index is 1.69. The minimum atomic E-state index is -0.310. The fraction of sp³-hybridized carbons (Fsp3) is 0.412. The number of rotatable bonds is 4. The molecule has 1 amide bonds.